The van der Waals surface area contributed by atoms with Crippen molar-refractivity contribution in [3.63, 3.8) is 0 Å². The van der Waals surface area contributed by atoms with Crippen LogP contribution in [0.4, 0.5) is 4.39 Å². The largest absolute Gasteiger partial charge is 0.390 e. The molecule has 172 valence electrons. The maximum Gasteiger partial charge on any atom is 0.193 e. The normalized spacial score (nSPS) is 54.5. The zero-order valence-corrected chi connectivity index (χ0v) is 18.6. The van der Waals surface area contributed by atoms with Gasteiger partial charge in [0.15, 0.2) is 22.8 Å². The third kappa shape index (κ3) is 2.37. The van der Waals surface area contributed by atoms with Gasteiger partial charge in [-0.2, -0.15) is 0 Å². The third-order valence-corrected chi connectivity index (χ3v) is 9.29. The standard InChI is InChI=1S/C24H33FO6/c1-20(2)30-19-10-16-15-6-5-13-9-14(27)7-8-21(13,3)23(15,25)17(28)11-22(16,4)24(19,31-20)18(29)12-26/h7-9,14-17,19,26-28H,5-6,10-12H2,1-4H3/t14?,15-,16-,17-,19+,21-,22-,23-,24+/m0/s1. The van der Waals surface area contributed by atoms with Gasteiger partial charge in [0.05, 0.1) is 18.3 Å². The summed E-state index contributed by atoms with van der Waals surface area (Å²) in [7, 11) is 0. The summed E-state index contributed by atoms with van der Waals surface area (Å²) in [5.74, 6) is -2.23. The van der Waals surface area contributed by atoms with Gasteiger partial charge in [-0.25, -0.2) is 4.39 Å². The fourth-order valence-electron chi connectivity index (χ4n) is 8.04. The number of allylic oxidation sites excluding steroid dienone is 2. The van der Waals surface area contributed by atoms with E-state index in [0.717, 1.165) is 5.57 Å². The van der Waals surface area contributed by atoms with Crippen LogP contribution < -0.4 is 0 Å². The van der Waals surface area contributed by atoms with Crippen LogP contribution in [0.2, 0.25) is 0 Å². The summed E-state index contributed by atoms with van der Waals surface area (Å²) in [6, 6.07) is 0. The van der Waals surface area contributed by atoms with Gasteiger partial charge in [-0.3, -0.25) is 4.79 Å². The molecule has 0 aromatic heterocycles. The second-order valence-electron chi connectivity index (χ2n) is 11.1. The summed E-state index contributed by atoms with van der Waals surface area (Å²) < 4.78 is 29.6. The van der Waals surface area contributed by atoms with Crippen molar-refractivity contribution in [1.82, 2.24) is 0 Å². The molecular formula is C24H33FO6. The third-order valence-electron chi connectivity index (χ3n) is 9.29. The predicted molar refractivity (Wildman–Crippen MR) is 110 cm³/mol. The van der Waals surface area contributed by atoms with Crippen LogP contribution in [0.15, 0.2) is 23.8 Å². The number of hydrogen-bond donors (Lipinski definition) is 3. The van der Waals surface area contributed by atoms with Crippen LogP contribution in [0.25, 0.3) is 0 Å². The summed E-state index contributed by atoms with van der Waals surface area (Å²) in [5.41, 5.74) is -4.43. The number of ether oxygens (including phenoxy) is 2. The monoisotopic (exact) mass is 436 g/mol. The Kier molecular flexibility index (Phi) is 4.38. The number of aliphatic hydroxyl groups excluding tert-OH is 3. The molecule has 3 N–H and O–H groups in total. The summed E-state index contributed by atoms with van der Waals surface area (Å²) in [4.78, 5) is 13.2. The number of halogens is 1. The highest BCUT2D eigenvalue weighted by molar-refractivity contribution is 5.91. The molecule has 6 nitrogen and oxygen atoms in total. The van der Waals surface area contributed by atoms with Gasteiger partial charge in [0.25, 0.3) is 0 Å². The fraction of sp³-hybridized carbons (Fsp3) is 0.792. The Bertz CT molecular complexity index is 883. The van der Waals surface area contributed by atoms with Gasteiger partial charge in [-0.05, 0) is 52.4 Å². The zero-order valence-electron chi connectivity index (χ0n) is 18.6. The highest BCUT2D eigenvalue weighted by Crippen LogP contribution is 2.72. The lowest BCUT2D eigenvalue weighted by Crippen LogP contribution is -2.70. The minimum Gasteiger partial charge on any atom is -0.390 e. The number of carbonyl (C=O) groups excluding carboxylic acids is 1. The molecule has 7 heteroatoms. The molecule has 4 fully saturated rings. The minimum atomic E-state index is -1.94. The molecule has 3 saturated carbocycles. The Labute approximate surface area is 182 Å². The van der Waals surface area contributed by atoms with E-state index in [1.54, 1.807) is 39.0 Å². The topological polar surface area (TPSA) is 96.2 Å². The van der Waals surface area contributed by atoms with E-state index < -0.39 is 64.5 Å². The first-order chi connectivity index (χ1) is 14.4. The van der Waals surface area contributed by atoms with Crippen LogP contribution in [0.5, 0.6) is 0 Å². The molecule has 1 heterocycles. The SMILES string of the molecule is CC1(C)O[C@@H]2C[C@H]3[C@@H]4CCC5=CC(O)C=C[C@]5(C)[C@@]4(F)[C@@H](O)C[C@]3(C)[C@]2(C(=O)CO)O1. The molecule has 0 spiro atoms. The van der Waals surface area contributed by atoms with Gasteiger partial charge < -0.3 is 24.8 Å². The van der Waals surface area contributed by atoms with Gasteiger partial charge in [0, 0.05) is 16.7 Å². The number of carbonyl (C=O) groups is 1. The van der Waals surface area contributed by atoms with Crippen LogP contribution in [-0.2, 0) is 14.3 Å². The van der Waals surface area contributed by atoms with Crippen LogP contribution in [0.1, 0.15) is 53.4 Å². The molecule has 4 aliphatic carbocycles. The number of aliphatic hydroxyl groups is 3. The molecule has 0 amide bonds. The number of Topliss-reactive ketones (excluding diaryl/α,β-unsaturated/α-hetero) is 1. The lowest BCUT2D eigenvalue weighted by atomic mass is 9.44. The van der Waals surface area contributed by atoms with E-state index in [-0.39, 0.29) is 12.3 Å². The first-order valence-corrected chi connectivity index (χ1v) is 11.3. The van der Waals surface area contributed by atoms with Crippen molar-refractivity contribution < 1.29 is 34.0 Å². The van der Waals surface area contributed by atoms with Crippen molar-refractivity contribution in [3.8, 4) is 0 Å². The zero-order chi connectivity index (χ0) is 22.6. The van der Waals surface area contributed by atoms with Gasteiger partial charge in [-0.1, -0.05) is 30.7 Å². The Morgan fingerprint density at radius 3 is 2.61 bits per heavy atom. The molecule has 9 atom stereocenters. The smallest absolute Gasteiger partial charge is 0.193 e. The van der Waals surface area contributed by atoms with Crippen molar-refractivity contribution in [1.29, 1.82) is 0 Å². The Morgan fingerprint density at radius 2 is 1.94 bits per heavy atom. The minimum absolute atomic E-state index is 0.0333. The Balaban J connectivity index is 1.63. The van der Waals surface area contributed by atoms with Crippen molar-refractivity contribution in [2.75, 3.05) is 6.61 Å². The van der Waals surface area contributed by atoms with Crippen molar-refractivity contribution in [3.05, 3.63) is 23.8 Å². The fourth-order valence-corrected chi connectivity index (χ4v) is 8.04. The second kappa shape index (κ2) is 6.26. The van der Waals surface area contributed by atoms with Crippen LogP contribution >= 0.6 is 0 Å². The maximum absolute atomic E-state index is 17.2. The first-order valence-electron chi connectivity index (χ1n) is 11.3. The average molecular weight is 437 g/mol. The van der Waals surface area contributed by atoms with E-state index in [1.807, 2.05) is 6.92 Å². The van der Waals surface area contributed by atoms with Crippen molar-refractivity contribution >= 4 is 5.78 Å². The van der Waals surface area contributed by atoms with E-state index in [1.165, 1.54) is 0 Å². The highest BCUT2D eigenvalue weighted by Gasteiger charge is 2.79. The molecule has 0 aromatic rings. The number of ketones is 1. The van der Waals surface area contributed by atoms with Gasteiger partial charge in [-0.15, -0.1) is 0 Å². The molecule has 1 aliphatic heterocycles. The lowest BCUT2D eigenvalue weighted by Gasteiger charge is -2.63. The Hall–Kier alpha value is -1.12. The molecule has 0 radical (unpaired) electrons. The van der Waals surface area contributed by atoms with Crippen LogP contribution in [-0.4, -0.2) is 63.1 Å². The second-order valence-corrected chi connectivity index (χ2v) is 11.1. The van der Waals surface area contributed by atoms with Gasteiger partial charge in [0.1, 0.15) is 6.61 Å². The van der Waals surface area contributed by atoms with Gasteiger partial charge in [0.2, 0.25) is 0 Å². The maximum atomic E-state index is 17.2. The summed E-state index contributed by atoms with van der Waals surface area (Å²) >= 11 is 0. The summed E-state index contributed by atoms with van der Waals surface area (Å²) in [6.45, 7) is 6.50. The molecule has 0 bridgehead atoms. The van der Waals surface area contributed by atoms with Crippen LogP contribution in [0, 0.1) is 22.7 Å². The number of alkyl halides is 1. The number of fused-ring (bicyclic) bond motifs is 7. The first kappa shape index (κ1) is 21.7. The number of hydrogen-bond acceptors (Lipinski definition) is 6. The van der Waals surface area contributed by atoms with E-state index in [4.69, 9.17) is 9.47 Å². The molecule has 5 aliphatic rings. The van der Waals surface area contributed by atoms with E-state index in [0.29, 0.717) is 19.3 Å². The quantitative estimate of drug-likeness (QED) is 0.575. The van der Waals surface area contributed by atoms with E-state index >= 15 is 4.39 Å². The highest BCUT2D eigenvalue weighted by atomic mass is 19.1. The number of rotatable bonds is 2. The molecule has 0 aromatic carbocycles. The summed E-state index contributed by atoms with van der Waals surface area (Å²) in [6.07, 6.45) is 3.93. The lowest BCUT2D eigenvalue weighted by molar-refractivity contribution is -0.246. The Morgan fingerprint density at radius 1 is 1.23 bits per heavy atom. The van der Waals surface area contributed by atoms with Crippen LogP contribution in [0.3, 0.4) is 0 Å². The van der Waals surface area contributed by atoms with Crippen molar-refractivity contribution in [2.24, 2.45) is 22.7 Å². The van der Waals surface area contributed by atoms with Gasteiger partial charge >= 0.3 is 0 Å². The molecule has 1 unspecified atom stereocenters. The average Bonchev–Trinajstić information content (AvgIpc) is 3.09. The predicted octanol–water partition coefficient (Wildman–Crippen LogP) is 2.21. The summed E-state index contributed by atoms with van der Waals surface area (Å²) in [5, 5.41) is 31.3. The van der Waals surface area contributed by atoms with E-state index in [2.05, 4.69) is 0 Å². The molecular weight excluding hydrogens is 403 g/mol. The van der Waals surface area contributed by atoms with E-state index in [9.17, 15) is 20.1 Å². The van der Waals surface area contributed by atoms with Crippen molar-refractivity contribution in [2.45, 2.75) is 88.7 Å². The molecule has 5 rings (SSSR count). The molecule has 31 heavy (non-hydrogen) atoms. The molecule has 1 saturated heterocycles.